The number of alkyl halides is 3. The number of carboxylic acids is 1. The predicted molar refractivity (Wildman–Crippen MR) is 125 cm³/mol. The number of aliphatic carboxylic acids is 1. The second-order valence-corrected chi connectivity index (χ2v) is 8.55. The molecule has 4 aromatic rings. The molecule has 0 amide bonds. The van der Waals surface area contributed by atoms with E-state index >= 15 is 0 Å². The van der Waals surface area contributed by atoms with Crippen molar-refractivity contribution in [2.24, 2.45) is 0 Å². The monoisotopic (exact) mass is 497 g/mol. The zero-order valence-electron chi connectivity index (χ0n) is 18.9. The van der Waals surface area contributed by atoms with Crippen molar-refractivity contribution in [3.05, 3.63) is 84.2 Å². The number of carbonyl (C=O) groups is 1. The van der Waals surface area contributed by atoms with Gasteiger partial charge in [-0.25, -0.2) is 4.98 Å². The number of aliphatic hydroxyl groups excluding tert-OH is 1. The third-order valence-corrected chi connectivity index (χ3v) is 6.23. The van der Waals surface area contributed by atoms with Gasteiger partial charge in [-0.2, -0.15) is 13.2 Å². The molecule has 2 heterocycles. The molecule has 1 aromatic heterocycles. The van der Waals surface area contributed by atoms with E-state index in [1.54, 1.807) is 24.3 Å². The number of hydrogen-bond acceptors (Lipinski definition) is 5. The number of aromatic nitrogens is 2. The molecule has 2 atom stereocenters. The third-order valence-electron chi connectivity index (χ3n) is 6.23. The fraction of sp³-hybridized carbons (Fsp3) is 0.231. The molecule has 2 N–H and O–H groups in total. The summed E-state index contributed by atoms with van der Waals surface area (Å²) in [6.45, 7) is 0.136. The van der Waals surface area contributed by atoms with E-state index in [4.69, 9.17) is 9.72 Å². The molecule has 186 valence electrons. The van der Waals surface area contributed by atoms with Gasteiger partial charge in [-0.15, -0.1) is 0 Å². The highest BCUT2D eigenvalue weighted by Crippen LogP contribution is 2.32. The van der Waals surface area contributed by atoms with Crippen LogP contribution in [0.2, 0.25) is 0 Å². The van der Waals surface area contributed by atoms with Gasteiger partial charge < -0.3 is 14.9 Å². The number of ether oxygens (including phenoxy) is 1. The van der Waals surface area contributed by atoms with Crippen LogP contribution in [0.1, 0.15) is 24.2 Å². The number of rotatable bonds is 6. The molecule has 1 saturated heterocycles. The Labute approximate surface area is 204 Å². The Hall–Kier alpha value is -3.89. The van der Waals surface area contributed by atoms with Crippen LogP contribution in [0.3, 0.4) is 0 Å². The van der Waals surface area contributed by atoms with Crippen LogP contribution in [0.4, 0.5) is 13.2 Å². The smallest absolute Gasteiger partial charge is 0.416 e. The second kappa shape index (κ2) is 9.29. The number of para-hydroxylation sites is 2. The molecular formula is C26H22F3N3O4. The summed E-state index contributed by atoms with van der Waals surface area (Å²) in [6, 6.07) is 18.1. The highest BCUT2D eigenvalue weighted by atomic mass is 19.4. The minimum Gasteiger partial charge on any atom is -0.480 e. The summed E-state index contributed by atoms with van der Waals surface area (Å²) < 4.78 is 45.9. The summed E-state index contributed by atoms with van der Waals surface area (Å²) in [7, 11) is 0. The average Bonchev–Trinajstić information content (AvgIpc) is 3.40. The Morgan fingerprint density at radius 2 is 1.61 bits per heavy atom. The van der Waals surface area contributed by atoms with Crippen LogP contribution in [0.5, 0.6) is 11.5 Å². The number of nitrogens with zero attached hydrogens (tertiary/aromatic N) is 3. The number of halogens is 3. The lowest BCUT2D eigenvalue weighted by Gasteiger charge is -2.24. The number of aliphatic hydroxyl groups is 1. The molecule has 3 aromatic carbocycles. The summed E-state index contributed by atoms with van der Waals surface area (Å²) >= 11 is 0. The largest absolute Gasteiger partial charge is 0.480 e. The zero-order valence-corrected chi connectivity index (χ0v) is 18.9. The van der Waals surface area contributed by atoms with E-state index < -0.39 is 30.0 Å². The van der Waals surface area contributed by atoms with E-state index in [1.165, 1.54) is 17.0 Å². The van der Waals surface area contributed by atoms with Crippen LogP contribution in [-0.2, 0) is 17.5 Å². The Bertz CT molecular complexity index is 1380. The van der Waals surface area contributed by atoms with E-state index in [9.17, 15) is 28.2 Å². The molecular weight excluding hydrogens is 475 g/mol. The van der Waals surface area contributed by atoms with Crippen molar-refractivity contribution in [2.45, 2.75) is 37.8 Å². The molecule has 1 aliphatic rings. The Morgan fingerprint density at radius 1 is 0.972 bits per heavy atom. The number of likely N-dealkylation sites (tertiary alicyclic amines) is 1. The lowest BCUT2D eigenvalue weighted by Crippen LogP contribution is -2.40. The van der Waals surface area contributed by atoms with Gasteiger partial charge in [-0.1, -0.05) is 12.1 Å². The zero-order chi connectivity index (χ0) is 25.4. The minimum atomic E-state index is -4.42. The summed E-state index contributed by atoms with van der Waals surface area (Å²) in [5.41, 5.74) is 1.51. The maximum absolute atomic E-state index is 12.8. The SMILES string of the molecule is O=C(O)C1CCC(O)N1Cc1nc2ccccc2n1-c1ccc(Oc2ccc(C(F)(F)F)cc2)cc1. The van der Waals surface area contributed by atoms with Crippen molar-refractivity contribution in [2.75, 3.05) is 0 Å². The van der Waals surface area contributed by atoms with Crippen molar-refractivity contribution >= 4 is 17.0 Å². The highest BCUT2D eigenvalue weighted by Gasteiger charge is 2.37. The first-order chi connectivity index (χ1) is 17.2. The van der Waals surface area contributed by atoms with Gasteiger partial charge in [0.15, 0.2) is 0 Å². The number of hydrogen-bond donors (Lipinski definition) is 2. The maximum atomic E-state index is 12.8. The molecule has 1 fully saturated rings. The first-order valence-electron chi connectivity index (χ1n) is 11.3. The number of benzene rings is 3. The summed E-state index contributed by atoms with van der Waals surface area (Å²) in [4.78, 5) is 17.9. The second-order valence-electron chi connectivity index (χ2n) is 8.55. The predicted octanol–water partition coefficient (Wildman–Crippen LogP) is 5.20. The third kappa shape index (κ3) is 4.65. The van der Waals surface area contributed by atoms with Gasteiger partial charge in [-0.05, 0) is 73.5 Å². The van der Waals surface area contributed by atoms with Crippen molar-refractivity contribution in [1.82, 2.24) is 14.5 Å². The quantitative estimate of drug-likeness (QED) is 0.381. The van der Waals surface area contributed by atoms with Gasteiger partial charge in [0.05, 0.1) is 23.1 Å². The lowest BCUT2D eigenvalue weighted by molar-refractivity contribution is -0.145. The van der Waals surface area contributed by atoms with Gasteiger partial charge >= 0.3 is 12.1 Å². The number of carboxylic acid groups (broad SMARTS) is 1. The first kappa shape index (κ1) is 23.8. The van der Waals surface area contributed by atoms with Gasteiger partial charge in [0.1, 0.15) is 29.6 Å². The van der Waals surface area contributed by atoms with Gasteiger partial charge in [0, 0.05) is 5.69 Å². The van der Waals surface area contributed by atoms with Gasteiger partial charge in [-0.3, -0.25) is 14.3 Å². The van der Waals surface area contributed by atoms with E-state index in [0.717, 1.165) is 28.9 Å². The molecule has 0 spiro atoms. The number of fused-ring (bicyclic) bond motifs is 1. The Morgan fingerprint density at radius 3 is 2.25 bits per heavy atom. The molecule has 0 aliphatic carbocycles. The van der Waals surface area contributed by atoms with Gasteiger partial charge in [0.2, 0.25) is 0 Å². The van der Waals surface area contributed by atoms with Crippen molar-refractivity contribution < 1.29 is 32.9 Å². The van der Waals surface area contributed by atoms with Crippen LogP contribution < -0.4 is 4.74 Å². The van der Waals surface area contributed by atoms with Crippen LogP contribution in [0, 0.1) is 0 Å². The van der Waals surface area contributed by atoms with Gasteiger partial charge in [0.25, 0.3) is 0 Å². The molecule has 10 heteroatoms. The average molecular weight is 497 g/mol. The fourth-order valence-electron chi connectivity index (χ4n) is 4.47. The normalized spacial score (nSPS) is 18.6. The fourth-order valence-corrected chi connectivity index (χ4v) is 4.47. The summed E-state index contributed by atoms with van der Waals surface area (Å²) in [6.07, 6.45) is -4.57. The molecule has 0 saturated carbocycles. The molecule has 2 unspecified atom stereocenters. The summed E-state index contributed by atoms with van der Waals surface area (Å²) in [5.74, 6) is 0.288. The lowest BCUT2D eigenvalue weighted by atomic mass is 10.2. The van der Waals surface area contributed by atoms with Crippen molar-refractivity contribution in [3.63, 3.8) is 0 Å². The molecule has 0 bridgehead atoms. The van der Waals surface area contributed by atoms with Crippen LogP contribution in [0.25, 0.3) is 16.7 Å². The van der Waals surface area contributed by atoms with E-state index in [0.29, 0.717) is 24.4 Å². The van der Waals surface area contributed by atoms with Crippen molar-refractivity contribution in [3.8, 4) is 17.2 Å². The molecule has 36 heavy (non-hydrogen) atoms. The first-order valence-corrected chi connectivity index (χ1v) is 11.3. The van der Waals surface area contributed by atoms with Crippen molar-refractivity contribution in [1.29, 1.82) is 0 Å². The highest BCUT2D eigenvalue weighted by molar-refractivity contribution is 5.78. The Kier molecular flexibility index (Phi) is 6.15. The van der Waals surface area contributed by atoms with E-state index in [1.807, 2.05) is 28.8 Å². The van der Waals surface area contributed by atoms with Crippen LogP contribution in [0.15, 0.2) is 72.8 Å². The van der Waals surface area contributed by atoms with E-state index in [2.05, 4.69) is 0 Å². The molecule has 7 nitrogen and oxygen atoms in total. The topological polar surface area (TPSA) is 87.8 Å². The molecule has 5 rings (SSSR count). The molecule has 0 radical (unpaired) electrons. The minimum absolute atomic E-state index is 0.136. The summed E-state index contributed by atoms with van der Waals surface area (Å²) in [5, 5.41) is 20.0. The molecule has 1 aliphatic heterocycles. The standard InChI is InChI=1S/C26H22F3N3O4/c27-26(28,29)16-5-9-18(10-6-16)36-19-11-7-17(8-12-19)32-21-4-2-1-3-20(21)30-23(32)15-31-22(25(34)35)13-14-24(31)33/h1-12,22,24,33H,13-15H2,(H,34,35). The van der Waals surface area contributed by atoms with E-state index in [-0.39, 0.29) is 12.3 Å². The van der Waals surface area contributed by atoms with Crippen LogP contribution in [-0.4, -0.2) is 42.9 Å². The maximum Gasteiger partial charge on any atom is 0.416 e. The van der Waals surface area contributed by atoms with Crippen LogP contribution >= 0.6 is 0 Å². The number of imidazole rings is 1. The Balaban J connectivity index is 1.43.